The van der Waals surface area contributed by atoms with E-state index in [1.807, 2.05) is 24.3 Å². The number of hydrogen-bond donors (Lipinski definition) is 2. The first-order chi connectivity index (χ1) is 32.5. The average Bonchev–Trinajstić information content (AvgIpc) is 4.17. The van der Waals surface area contributed by atoms with Gasteiger partial charge in [0.25, 0.3) is 5.70 Å². The Morgan fingerprint density at radius 3 is 1.27 bits per heavy atom. The molecule has 0 radical (unpaired) electrons. The smallest absolute Gasteiger partial charge is 0.346 e. The molecule has 4 aromatic heterocycles. The van der Waals surface area contributed by atoms with Crippen LogP contribution >= 0.6 is 45.3 Å². The number of anilines is 3. The van der Waals surface area contributed by atoms with E-state index in [4.69, 9.17) is 11.8 Å². The minimum atomic E-state index is -1.24. The fraction of sp³-hybridized carbons (Fsp3) is 0.0357. The van der Waals surface area contributed by atoms with E-state index in [0.717, 1.165) is 67.9 Å². The fourth-order valence-corrected chi connectivity index (χ4v) is 11.0. The van der Waals surface area contributed by atoms with Crippen molar-refractivity contribution in [3.05, 3.63) is 215 Å². The molecule has 0 bridgehead atoms. The summed E-state index contributed by atoms with van der Waals surface area (Å²) in [4.78, 5) is 35.7. The zero-order chi connectivity index (χ0) is 46.9. The van der Waals surface area contributed by atoms with Gasteiger partial charge in [-0.3, -0.25) is 4.79 Å². The Morgan fingerprint density at radius 2 is 0.881 bits per heavy atom. The third kappa shape index (κ3) is 11.7. The largest absolute Gasteiger partial charge is 0.486 e. The topological polar surface area (TPSA) is 106 Å². The standard InChI is InChI=1S/C56H39N3O4S4/c1-36-30-37(2)32-41(31-36)5-4-38-6-14-43(15-7-38)59(44-16-8-39(9-17-44)12-20-46-22-26-51(64-46)53-28-24-48(66-53)33-42(35-57)55(60)61)45-18-10-40(11-19-45)13-21-47-23-27-52(65-47)54-29-25-49(67-54)34-50(58-3)56(62)63/h4-34H,1-2H3,(H,60,61)(H,62,63)/b5-4+,20-12+,21-13+,42-33+,50-34-. The molecule has 0 amide bonds. The second kappa shape index (κ2) is 20.9. The first-order valence-electron chi connectivity index (χ1n) is 20.8. The molecular weight excluding hydrogens is 907 g/mol. The highest BCUT2D eigenvalue weighted by Crippen LogP contribution is 2.38. The molecule has 0 saturated carbocycles. The van der Waals surface area contributed by atoms with E-state index in [0.29, 0.717) is 4.88 Å². The lowest BCUT2D eigenvalue weighted by molar-refractivity contribution is -0.133. The van der Waals surface area contributed by atoms with Gasteiger partial charge in [0.05, 0.1) is 6.57 Å². The van der Waals surface area contributed by atoms with E-state index in [9.17, 15) is 19.8 Å². The molecule has 11 heteroatoms. The van der Waals surface area contributed by atoms with Crippen molar-refractivity contribution in [1.29, 1.82) is 5.26 Å². The van der Waals surface area contributed by atoms with Gasteiger partial charge in [-0.25, -0.2) is 9.64 Å². The lowest BCUT2D eigenvalue weighted by atomic mass is 10.1. The monoisotopic (exact) mass is 945 g/mol. The molecular formula is C56H39N3O4S4. The fourth-order valence-electron chi connectivity index (χ4n) is 7.14. The van der Waals surface area contributed by atoms with Crippen molar-refractivity contribution in [1.82, 2.24) is 0 Å². The molecule has 4 heterocycles. The van der Waals surface area contributed by atoms with Gasteiger partial charge in [-0.15, -0.1) is 45.3 Å². The molecule has 67 heavy (non-hydrogen) atoms. The van der Waals surface area contributed by atoms with Crippen LogP contribution in [0.2, 0.25) is 0 Å². The van der Waals surface area contributed by atoms with Crippen molar-refractivity contribution < 1.29 is 19.8 Å². The number of benzene rings is 4. The molecule has 0 fully saturated rings. The maximum absolute atomic E-state index is 11.3. The van der Waals surface area contributed by atoms with Crippen molar-refractivity contribution in [2.75, 3.05) is 4.90 Å². The molecule has 0 aliphatic carbocycles. The van der Waals surface area contributed by atoms with E-state index >= 15 is 0 Å². The van der Waals surface area contributed by atoms with Crippen LogP contribution in [0.3, 0.4) is 0 Å². The lowest BCUT2D eigenvalue weighted by Gasteiger charge is -2.26. The first kappa shape index (κ1) is 45.7. The van der Waals surface area contributed by atoms with Crippen molar-refractivity contribution in [2.24, 2.45) is 0 Å². The van der Waals surface area contributed by atoms with Gasteiger partial charge < -0.3 is 15.1 Å². The average molecular weight is 946 g/mol. The van der Waals surface area contributed by atoms with Crippen LogP contribution in [0.15, 0.2) is 151 Å². The van der Waals surface area contributed by atoms with Crippen LogP contribution in [0, 0.1) is 31.8 Å². The Labute approximate surface area is 404 Å². The number of nitrogens with zero attached hydrogens (tertiary/aromatic N) is 3. The van der Waals surface area contributed by atoms with Crippen LogP contribution in [0.4, 0.5) is 17.1 Å². The SMILES string of the molecule is [C-]#[N+]/C(=C\c1ccc(-c2ccc(/C=C/c3ccc(N(c4ccc(/C=C/c5cc(C)cc(C)c5)cc4)c4ccc(/C=C/c5ccc(-c6ccc(/C=C(\C#N)C(=O)O)s6)s5)cc4)cc3)s2)s1)C(=O)O. The highest BCUT2D eigenvalue weighted by molar-refractivity contribution is 7.23. The number of carboxylic acids is 2. The predicted molar refractivity (Wildman–Crippen MR) is 283 cm³/mol. The van der Waals surface area contributed by atoms with Crippen molar-refractivity contribution in [3.63, 3.8) is 0 Å². The molecule has 326 valence electrons. The van der Waals surface area contributed by atoms with Gasteiger partial charge in [-0.2, -0.15) is 5.26 Å². The zero-order valence-electron chi connectivity index (χ0n) is 36.1. The second-order valence-corrected chi connectivity index (χ2v) is 19.7. The Morgan fingerprint density at radius 1 is 0.507 bits per heavy atom. The summed E-state index contributed by atoms with van der Waals surface area (Å²) in [5, 5.41) is 27.6. The third-order valence-corrected chi connectivity index (χ3v) is 14.9. The highest BCUT2D eigenvalue weighted by atomic mass is 32.1. The quantitative estimate of drug-likeness (QED) is 0.0459. The van der Waals surface area contributed by atoms with Gasteiger partial charge in [0.1, 0.15) is 11.6 Å². The number of aliphatic carboxylic acids is 2. The third-order valence-electron chi connectivity index (χ3n) is 10.3. The molecule has 8 aromatic rings. The molecule has 0 unspecified atom stereocenters. The zero-order valence-corrected chi connectivity index (χ0v) is 39.3. The number of aryl methyl sites for hydroxylation is 2. The predicted octanol–water partition coefficient (Wildman–Crippen LogP) is 16.2. The van der Waals surface area contributed by atoms with E-state index in [1.54, 1.807) is 28.7 Å². The minimum Gasteiger partial charge on any atom is -0.486 e. The van der Waals surface area contributed by atoms with Crippen LogP contribution in [-0.4, -0.2) is 22.2 Å². The Balaban J connectivity index is 1.01. The molecule has 7 nitrogen and oxygen atoms in total. The summed E-state index contributed by atoms with van der Waals surface area (Å²) in [5.41, 5.74) is 9.29. The normalized spacial score (nSPS) is 11.9. The van der Waals surface area contributed by atoms with Crippen LogP contribution in [0.1, 0.15) is 52.9 Å². The van der Waals surface area contributed by atoms with Gasteiger partial charge in [-0.05, 0) is 145 Å². The molecule has 0 aliphatic heterocycles. The maximum atomic E-state index is 11.3. The molecule has 0 aliphatic rings. The molecule has 8 rings (SSSR count). The summed E-state index contributed by atoms with van der Waals surface area (Å²) in [6.07, 6.45) is 15.5. The Kier molecular flexibility index (Phi) is 14.3. The van der Waals surface area contributed by atoms with E-state index in [2.05, 4.69) is 175 Å². The summed E-state index contributed by atoms with van der Waals surface area (Å²) >= 11 is 6.20. The maximum Gasteiger partial charge on any atom is 0.346 e. The molecule has 2 N–H and O–H groups in total. The summed E-state index contributed by atoms with van der Waals surface area (Å²) in [5.74, 6) is -2.47. The summed E-state index contributed by atoms with van der Waals surface area (Å²) in [6, 6.07) is 49.7. The number of thiophene rings is 4. The Bertz CT molecular complexity index is 3150. The number of rotatable bonds is 15. The highest BCUT2D eigenvalue weighted by Gasteiger charge is 2.14. The molecule has 0 atom stereocenters. The molecule has 4 aromatic carbocycles. The molecule has 0 saturated heterocycles. The second-order valence-electron chi connectivity index (χ2n) is 15.3. The molecule has 0 spiro atoms. The lowest BCUT2D eigenvalue weighted by Crippen LogP contribution is -2.09. The minimum absolute atomic E-state index is 0.291. The van der Waals surface area contributed by atoms with Crippen molar-refractivity contribution in [2.45, 2.75) is 13.8 Å². The number of carboxylic acid groups (broad SMARTS) is 2. The van der Waals surface area contributed by atoms with Crippen LogP contribution in [-0.2, 0) is 9.59 Å². The summed E-state index contributed by atoms with van der Waals surface area (Å²) in [7, 11) is 0. The van der Waals surface area contributed by atoms with Crippen LogP contribution < -0.4 is 4.90 Å². The van der Waals surface area contributed by atoms with Crippen LogP contribution in [0.25, 0.3) is 73.0 Å². The van der Waals surface area contributed by atoms with Crippen LogP contribution in [0.5, 0.6) is 0 Å². The van der Waals surface area contributed by atoms with Gasteiger partial charge in [0, 0.05) is 56.1 Å². The van der Waals surface area contributed by atoms with Crippen molar-refractivity contribution >= 4 is 123 Å². The van der Waals surface area contributed by atoms with E-state index in [-0.39, 0.29) is 11.3 Å². The van der Waals surface area contributed by atoms with E-state index < -0.39 is 11.9 Å². The first-order valence-corrected chi connectivity index (χ1v) is 24.1. The van der Waals surface area contributed by atoms with E-state index in [1.165, 1.54) is 51.5 Å². The van der Waals surface area contributed by atoms with Gasteiger partial charge in [-0.1, -0.05) is 90.0 Å². The summed E-state index contributed by atoms with van der Waals surface area (Å²) in [6.45, 7) is 11.4. The number of nitriles is 1. The number of carbonyl (C=O) groups is 2. The number of hydrogen-bond acceptors (Lipinski definition) is 8. The van der Waals surface area contributed by atoms with Gasteiger partial charge >= 0.3 is 11.9 Å². The van der Waals surface area contributed by atoms with Gasteiger partial charge in [0.2, 0.25) is 0 Å². The Hall–Kier alpha value is -7.90. The summed E-state index contributed by atoms with van der Waals surface area (Å²) < 4.78 is 0. The van der Waals surface area contributed by atoms with Crippen molar-refractivity contribution in [3.8, 4) is 25.6 Å². The van der Waals surface area contributed by atoms with Gasteiger partial charge in [0.15, 0.2) is 0 Å².